The SMILES string of the molecule is Cc1c(/C(=C/N)CN)ccn2c(=O)c(C(=O)O)cc(C3CC3)c12. The Hall–Kier alpha value is -2.60. The van der Waals surface area contributed by atoms with Crippen LogP contribution in [0, 0.1) is 6.92 Å². The highest BCUT2D eigenvalue weighted by molar-refractivity contribution is 5.89. The van der Waals surface area contributed by atoms with Gasteiger partial charge in [0.1, 0.15) is 5.56 Å². The van der Waals surface area contributed by atoms with Gasteiger partial charge in [0.05, 0.1) is 5.52 Å². The third kappa shape index (κ3) is 2.41. The first-order valence-corrected chi connectivity index (χ1v) is 7.53. The molecular weight excluding hydrogens is 294 g/mol. The Balaban J connectivity index is 2.41. The quantitative estimate of drug-likeness (QED) is 0.791. The maximum atomic E-state index is 12.5. The molecule has 2 aromatic heterocycles. The van der Waals surface area contributed by atoms with Gasteiger partial charge in [0.15, 0.2) is 0 Å². The molecule has 0 aliphatic heterocycles. The van der Waals surface area contributed by atoms with Gasteiger partial charge in [-0.05, 0) is 66.3 Å². The van der Waals surface area contributed by atoms with Gasteiger partial charge in [-0.25, -0.2) is 4.79 Å². The number of aromatic nitrogens is 1. The van der Waals surface area contributed by atoms with E-state index in [4.69, 9.17) is 11.5 Å². The van der Waals surface area contributed by atoms with Gasteiger partial charge in [-0.1, -0.05) is 0 Å². The third-order valence-electron chi connectivity index (χ3n) is 4.43. The Morgan fingerprint density at radius 1 is 1.43 bits per heavy atom. The van der Waals surface area contributed by atoms with Crippen LogP contribution < -0.4 is 17.0 Å². The molecule has 0 bridgehead atoms. The highest BCUT2D eigenvalue weighted by Crippen LogP contribution is 2.43. The summed E-state index contributed by atoms with van der Waals surface area (Å²) in [5, 5.41) is 9.28. The van der Waals surface area contributed by atoms with E-state index in [1.807, 2.05) is 6.92 Å². The van der Waals surface area contributed by atoms with E-state index in [2.05, 4.69) is 0 Å². The van der Waals surface area contributed by atoms with E-state index >= 15 is 0 Å². The molecule has 5 N–H and O–H groups in total. The highest BCUT2D eigenvalue weighted by atomic mass is 16.4. The van der Waals surface area contributed by atoms with Crippen LogP contribution in [0.1, 0.15) is 45.8 Å². The van der Waals surface area contributed by atoms with Crippen LogP contribution in [-0.4, -0.2) is 22.0 Å². The van der Waals surface area contributed by atoms with E-state index in [0.29, 0.717) is 12.5 Å². The Morgan fingerprint density at radius 2 is 2.13 bits per heavy atom. The summed E-state index contributed by atoms with van der Waals surface area (Å²) in [5.74, 6) is -0.890. The number of carbonyl (C=O) groups is 1. The van der Waals surface area contributed by atoms with Gasteiger partial charge in [-0.15, -0.1) is 0 Å². The number of rotatable bonds is 4. The van der Waals surface area contributed by atoms with Crippen molar-refractivity contribution in [1.82, 2.24) is 4.40 Å². The van der Waals surface area contributed by atoms with Crippen LogP contribution in [0.3, 0.4) is 0 Å². The van der Waals surface area contributed by atoms with Gasteiger partial charge < -0.3 is 16.6 Å². The van der Waals surface area contributed by atoms with Crippen LogP contribution in [0.15, 0.2) is 29.3 Å². The van der Waals surface area contributed by atoms with Crippen molar-refractivity contribution < 1.29 is 9.90 Å². The number of hydrogen-bond donors (Lipinski definition) is 3. The molecular formula is C17H19N3O3. The van der Waals surface area contributed by atoms with Crippen molar-refractivity contribution in [3.8, 4) is 0 Å². The summed E-state index contributed by atoms with van der Waals surface area (Å²) in [5.41, 5.74) is 14.9. The van der Waals surface area contributed by atoms with Gasteiger partial charge in [-0.2, -0.15) is 0 Å². The molecule has 1 aliphatic carbocycles. The number of fused-ring (bicyclic) bond motifs is 1. The predicted octanol–water partition coefficient (Wildman–Crippen LogP) is 1.44. The van der Waals surface area contributed by atoms with Crippen LogP contribution in [0.2, 0.25) is 0 Å². The van der Waals surface area contributed by atoms with Crippen molar-refractivity contribution in [1.29, 1.82) is 0 Å². The second-order valence-electron chi connectivity index (χ2n) is 5.87. The third-order valence-corrected chi connectivity index (χ3v) is 4.43. The zero-order chi connectivity index (χ0) is 16.7. The maximum absolute atomic E-state index is 12.5. The summed E-state index contributed by atoms with van der Waals surface area (Å²) in [7, 11) is 0. The Bertz CT molecular complexity index is 892. The molecule has 1 aliphatic rings. The molecule has 2 heterocycles. The largest absolute Gasteiger partial charge is 0.477 e. The Labute approximate surface area is 133 Å². The van der Waals surface area contributed by atoms with Crippen LogP contribution in [0.4, 0.5) is 0 Å². The van der Waals surface area contributed by atoms with Gasteiger partial charge in [-0.3, -0.25) is 9.20 Å². The fraction of sp³-hybridized carbons (Fsp3) is 0.294. The summed E-state index contributed by atoms with van der Waals surface area (Å²) in [6.07, 6.45) is 5.09. The first-order valence-electron chi connectivity index (χ1n) is 7.53. The number of nitrogens with zero attached hydrogens (tertiary/aromatic N) is 1. The summed E-state index contributed by atoms with van der Waals surface area (Å²) >= 11 is 0. The van der Waals surface area contributed by atoms with E-state index in [9.17, 15) is 14.7 Å². The van der Waals surface area contributed by atoms with Gasteiger partial charge in [0.2, 0.25) is 0 Å². The molecule has 1 fully saturated rings. The van der Waals surface area contributed by atoms with Crippen LogP contribution in [0.5, 0.6) is 0 Å². The van der Waals surface area contributed by atoms with E-state index < -0.39 is 11.5 Å². The fourth-order valence-electron chi connectivity index (χ4n) is 3.07. The zero-order valence-electron chi connectivity index (χ0n) is 12.9. The molecule has 6 nitrogen and oxygen atoms in total. The summed E-state index contributed by atoms with van der Waals surface area (Å²) in [6.45, 7) is 2.21. The molecule has 0 aromatic carbocycles. The van der Waals surface area contributed by atoms with Crippen LogP contribution in [0.25, 0.3) is 11.1 Å². The zero-order valence-corrected chi connectivity index (χ0v) is 12.9. The molecule has 0 radical (unpaired) electrons. The minimum atomic E-state index is -1.20. The molecule has 0 unspecified atom stereocenters. The number of hydrogen-bond acceptors (Lipinski definition) is 4. The van der Waals surface area contributed by atoms with E-state index in [1.54, 1.807) is 12.3 Å². The number of aryl methyl sites for hydroxylation is 1. The van der Waals surface area contributed by atoms with Gasteiger partial charge >= 0.3 is 5.97 Å². The molecule has 1 saturated carbocycles. The number of nitrogens with two attached hydrogens (primary N) is 2. The average molecular weight is 313 g/mol. The standard InChI is InChI=1S/C17H19N3O3/c1-9-12(11(7-18)8-19)4-5-20-15(9)13(10-2-3-10)6-14(16(20)21)17(22)23/h4-7,10H,2-3,8,18-19H2,1H3,(H,22,23)/b11-7+. The number of aromatic carboxylic acids is 1. The van der Waals surface area contributed by atoms with Gasteiger partial charge in [0, 0.05) is 12.7 Å². The molecule has 0 saturated heterocycles. The van der Waals surface area contributed by atoms with E-state index in [1.165, 1.54) is 16.7 Å². The lowest BCUT2D eigenvalue weighted by Crippen LogP contribution is -2.24. The van der Waals surface area contributed by atoms with E-state index in [0.717, 1.165) is 40.6 Å². The Morgan fingerprint density at radius 3 is 2.65 bits per heavy atom. The minimum absolute atomic E-state index is 0.190. The summed E-state index contributed by atoms with van der Waals surface area (Å²) in [4.78, 5) is 23.8. The smallest absolute Gasteiger partial charge is 0.341 e. The molecule has 0 spiro atoms. The van der Waals surface area contributed by atoms with Crippen molar-refractivity contribution in [3.63, 3.8) is 0 Å². The second kappa shape index (κ2) is 5.55. The minimum Gasteiger partial charge on any atom is -0.477 e. The molecule has 6 heteroatoms. The molecule has 120 valence electrons. The molecule has 3 rings (SSSR count). The first-order chi connectivity index (χ1) is 11.0. The summed E-state index contributed by atoms with van der Waals surface area (Å²) < 4.78 is 1.43. The first kappa shape index (κ1) is 15.3. The Kier molecular flexibility index (Phi) is 3.69. The number of carboxylic acids is 1. The van der Waals surface area contributed by atoms with Crippen molar-refractivity contribution in [3.05, 3.63) is 57.1 Å². The molecule has 23 heavy (non-hydrogen) atoms. The maximum Gasteiger partial charge on any atom is 0.341 e. The number of pyridine rings is 2. The van der Waals surface area contributed by atoms with Crippen molar-refractivity contribution in [2.75, 3.05) is 6.54 Å². The average Bonchev–Trinajstić information content (AvgIpc) is 3.35. The van der Waals surface area contributed by atoms with Crippen molar-refractivity contribution in [2.24, 2.45) is 11.5 Å². The van der Waals surface area contributed by atoms with Crippen molar-refractivity contribution in [2.45, 2.75) is 25.7 Å². The fourth-order valence-corrected chi connectivity index (χ4v) is 3.07. The molecule has 2 aromatic rings. The second-order valence-corrected chi connectivity index (χ2v) is 5.87. The summed E-state index contributed by atoms with van der Waals surface area (Å²) in [6, 6.07) is 3.29. The topological polar surface area (TPSA) is 111 Å². The lowest BCUT2D eigenvalue weighted by atomic mass is 9.97. The highest BCUT2D eigenvalue weighted by Gasteiger charge is 2.29. The van der Waals surface area contributed by atoms with Crippen LogP contribution >= 0.6 is 0 Å². The van der Waals surface area contributed by atoms with Gasteiger partial charge in [0.25, 0.3) is 5.56 Å². The molecule has 0 atom stereocenters. The monoisotopic (exact) mass is 313 g/mol. The lowest BCUT2D eigenvalue weighted by molar-refractivity contribution is 0.0694. The normalized spacial score (nSPS) is 15.1. The molecule has 0 amide bonds. The predicted molar refractivity (Wildman–Crippen MR) is 88.6 cm³/mol. The lowest BCUT2D eigenvalue weighted by Gasteiger charge is -2.16. The number of carboxylic acid groups (broad SMARTS) is 1. The van der Waals surface area contributed by atoms with Crippen molar-refractivity contribution >= 4 is 17.1 Å². The van der Waals surface area contributed by atoms with E-state index in [-0.39, 0.29) is 5.56 Å². The van der Waals surface area contributed by atoms with Crippen LogP contribution in [-0.2, 0) is 0 Å².